The highest BCUT2D eigenvalue weighted by molar-refractivity contribution is 5.83. The molecule has 2 saturated carbocycles. The van der Waals surface area contributed by atoms with Crippen molar-refractivity contribution in [3.63, 3.8) is 0 Å². The Morgan fingerprint density at radius 3 is 1.27 bits per heavy atom. The number of hydrogen-bond acceptors (Lipinski definition) is 6. The van der Waals surface area contributed by atoms with Gasteiger partial charge in [0.25, 0.3) is 0 Å². The Morgan fingerprint density at radius 2 is 0.979 bits per heavy atom. The van der Waals surface area contributed by atoms with Crippen molar-refractivity contribution in [3.05, 3.63) is 45.5 Å². The van der Waals surface area contributed by atoms with E-state index in [1.54, 1.807) is 13.8 Å². The fourth-order valence-corrected chi connectivity index (χ4v) is 11.3. The van der Waals surface area contributed by atoms with Crippen molar-refractivity contribution in [2.24, 2.45) is 22.7 Å². The maximum atomic E-state index is 12.7. The fraction of sp³-hybridized carbons (Fsp3) is 0.650. The molecule has 6 rings (SSSR count). The van der Waals surface area contributed by atoms with Crippen LogP contribution in [0, 0.1) is 22.7 Å². The Kier molecular flexibility index (Phi) is 8.12. The summed E-state index contributed by atoms with van der Waals surface area (Å²) in [6.07, 6.45) is 2.58. The average molecular weight is 663 g/mol. The number of carboxylic acids is 2. The first-order chi connectivity index (χ1) is 22.3. The molecule has 2 aromatic carbocycles. The second-order valence-electron chi connectivity index (χ2n) is 17.2. The SMILES string of the molecule is CC(C)c1c(O)c(-c2cc3c(c(C(C)C)c2O)[C@@H](O)CC2[C@@](C)(C(=O)O)CCC[C@]32C)cc2c1[C@@H](O)CC1[C@@](C)(C(=O)O)CCC[C@]21C. The van der Waals surface area contributed by atoms with Gasteiger partial charge in [0.05, 0.1) is 23.0 Å². The summed E-state index contributed by atoms with van der Waals surface area (Å²) in [7, 11) is 0. The first kappa shape index (κ1) is 34.8. The Balaban J connectivity index is 1.68. The number of aliphatic hydroxyl groups excluding tert-OH is 2. The Hall–Kier alpha value is -3.10. The van der Waals surface area contributed by atoms with Gasteiger partial charge in [0.15, 0.2) is 0 Å². The summed E-state index contributed by atoms with van der Waals surface area (Å²) in [5.74, 6) is -2.85. The second kappa shape index (κ2) is 11.2. The van der Waals surface area contributed by atoms with Crippen molar-refractivity contribution < 1.29 is 40.2 Å². The zero-order valence-electron chi connectivity index (χ0n) is 29.8. The van der Waals surface area contributed by atoms with Crippen LogP contribution in [-0.4, -0.2) is 42.6 Å². The van der Waals surface area contributed by atoms with Gasteiger partial charge in [-0.3, -0.25) is 9.59 Å². The van der Waals surface area contributed by atoms with Crippen LogP contribution in [0.5, 0.6) is 11.5 Å². The standard InChI is InChI=1S/C40H54O8/c1-19(2)29-31-23(37(5)11-9-13-39(7,35(45)46)27(37)17-25(31)41)15-21(33(29)43)22-16-24-32(30(20(3)4)34(22)44)26(42)18-28-38(24,6)12-10-14-40(28,8)36(47)48/h15-16,19-20,25-28,41-44H,9-14,17-18H2,1-8H3,(H,45,46)(H,47,48)/t25-,26-,27?,28?,37+,38+,39-,40-/m0/s1. The minimum absolute atomic E-state index is 0.0244. The molecule has 0 aliphatic heterocycles. The number of benzene rings is 2. The van der Waals surface area contributed by atoms with Crippen LogP contribution in [0.25, 0.3) is 11.1 Å². The molecule has 2 unspecified atom stereocenters. The van der Waals surface area contributed by atoms with Crippen LogP contribution in [0.3, 0.4) is 0 Å². The molecular weight excluding hydrogens is 608 g/mol. The van der Waals surface area contributed by atoms with E-state index in [9.17, 15) is 40.2 Å². The van der Waals surface area contributed by atoms with Gasteiger partial charge in [-0.1, -0.05) is 54.4 Å². The van der Waals surface area contributed by atoms with Crippen LogP contribution >= 0.6 is 0 Å². The van der Waals surface area contributed by atoms with Gasteiger partial charge in [-0.15, -0.1) is 0 Å². The quantitative estimate of drug-likeness (QED) is 0.187. The lowest BCUT2D eigenvalue weighted by atomic mass is 9.48. The highest BCUT2D eigenvalue weighted by atomic mass is 16.4. The molecule has 2 aromatic rings. The van der Waals surface area contributed by atoms with Crippen molar-refractivity contribution in [2.45, 2.75) is 142 Å². The van der Waals surface area contributed by atoms with Gasteiger partial charge in [-0.2, -0.15) is 0 Å². The third-order valence-electron chi connectivity index (χ3n) is 13.9. The van der Waals surface area contributed by atoms with Crippen LogP contribution in [0.15, 0.2) is 12.1 Å². The number of aliphatic hydroxyl groups is 2. The minimum Gasteiger partial charge on any atom is -0.507 e. The van der Waals surface area contributed by atoms with Gasteiger partial charge in [0.2, 0.25) is 0 Å². The molecule has 0 radical (unpaired) electrons. The fourth-order valence-electron chi connectivity index (χ4n) is 11.3. The zero-order valence-corrected chi connectivity index (χ0v) is 29.8. The minimum atomic E-state index is -1.03. The van der Waals surface area contributed by atoms with E-state index in [0.29, 0.717) is 59.1 Å². The normalized spacial score (nSPS) is 35.8. The molecule has 6 N–H and O–H groups in total. The molecule has 0 spiro atoms. The van der Waals surface area contributed by atoms with Crippen molar-refractivity contribution in [1.29, 1.82) is 0 Å². The summed E-state index contributed by atoms with van der Waals surface area (Å²) in [6.45, 7) is 15.6. The van der Waals surface area contributed by atoms with E-state index >= 15 is 0 Å². The molecule has 48 heavy (non-hydrogen) atoms. The van der Waals surface area contributed by atoms with Gasteiger partial charge in [0, 0.05) is 22.3 Å². The van der Waals surface area contributed by atoms with Crippen LogP contribution in [0.4, 0.5) is 0 Å². The van der Waals surface area contributed by atoms with Gasteiger partial charge in [-0.05, 0) is 121 Å². The lowest BCUT2D eigenvalue weighted by Gasteiger charge is -2.55. The third-order valence-corrected chi connectivity index (χ3v) is 13.9. The van der Waals surface area contributed by atoms with Crippen molar-refractivity contribution >= 4 is 11.9 Å². The number of carboxylic acid groups (broad SMARTS) is 2. The highest BCUT2D eigenvalue weighted by Gasteiger charge is 2.59. The smallest absolute Gasteiger partial charge is 0.309 e. The van der Waals surface area contributed by atoms with Crippen LogP contribution in [0.2, 0.25) is 0 Å². The largest absolute Gasteiger partial charge is 0.507 e. The average Bonchev–Trinajstić information content (AvgIpc) is 2.99. The van der Waals surface area contributed by atoms with Gasteiger partial charge < -0.3 is 30.6 Å². The van der Waals surface area contributed by atoms with E-state index in [0.717, 1.165) is 24.0 Å². The topological polar surface area (TPSA) is 156 Å². The summed E-state index contributed by atoms with van der Waals surface area (Å²) in [6, 6.07) is 3.76. The number of aromatic hydroxyl groups is 2. The number of phenols is 2. The van der Waals surface area contributed by atoms with E-state index in [1.165, 1.54) is 0 Å². The van der Waals surface area contributed by atoms with E-state index in [4.69, 9.17) is 0 Å². The predicted molar refractivity (Wildman–Crippen MR) is 183 cm³/mol. The molecule has 8 nitrogen and oxygen atoms in total. The summed E-state index contributed by atoms with van der Waals surface area (Å²) < 4.78 is 0. The molecule has 0 aromatic heterocycles. The van der Waals surface area contributed by atoms with Crippen LogP contribution in [-0.2, 0) is 20.4 Å². The molecule has 262 valence electrons. The first-order valence-corrected chi connectivity index (χ1v) is 17.9. The highest BCUT2D eigenvalue weighted by Crippen LogP contribution is 2.64. The molecule has 2 fully saturated rings. The van der Waals surface area contributed by atoms with Crippen LogP contribution in [0.1, 0.15) is 164 Å². The summed E-state index contributed by atoms with van der Waals surface area (Å²) in [5.41, 5.74) is 1.71. The molecule has 4 aliphatic rings. The molecule has 0 bridgehead atoms. The number of carbonyl (C=O) groups is 2. The van der Waals surface area contributed by atoms with Crippen molar-refractivity contribution in [1.82, 2.24) is 0 Å². The lowest BCUT2D eigenvalue weighted by molar-refractivity contribution is -0.159. The van der Waals surface area contributed by atoms with Gasteiger partial charge in [0.1, 0.15) is 11.5 Å². The Bertz CT molecular complexity index is 1570. The van der Waals surface area contributed by atoms with Gasteiger partial charge in [-0.25, -0.2) is 0 Å². The maximum absolute atomic E-state index is 12.7. The van der Waals surface area contributed by atoms with Crippen molar-refractivity contribution in [3.8, 4) is 22.6 Å². The van der Waals surface area contributed by atoms with Crippen molar-refractivity contribution in [2.75, 3.05) is 0 Å². The first-order valence-electron chi connectivity index (χ1n) is 17.9. The van der Waals surface area contributed by atoms with Gasteiger partial charge >= 0.3 is 11.9 Å². The number of hydrogen-bond donors (Lipinski definition) is 6. The number of aliphatic carboxylic acids is 2. The van der Waals surface area contributed by atoms with E-state index in [1.807, 2.05) is 39.8 Å². The Morgan fingerprint density at radius 1 is 0.646 bits per heavy atom. The molecule has 0 heterocycles. The summed E-state index contributed by atoms with van der Waals surface area (Å²) in [4.78, 5) is 25.5. The predicted octanol–water partition coefficient (Wildman–Crippen LogP) is 8.18. The van der Waals surface area contributed by atoms with E-state index in [2.05, 4.69) is 13.8 Å². The van der Waals surface area contributed by atoms with Crippen LogP contribution < -0.4 is 0 Å². The molecule has 0 amide bonds. The number of fused-ring (bicyclic) bond motifs is 6. The Labute approximate surface area is 284 Å². The molecule has 8 heteroatoms. The number of phenolic OH excluding ortho intramolecular Hbond substituents is 2. The third kappa shape index (κ3) is 4.53. The molecule has 8 atom stereocenters. The second-order valence-corrected chi connectivity index (χ2v) is 17.2. The van der Waals surface area contributed by atoms with E-state index in [-0.39, 0.29) is 48.0 Å². The maximum Gasteiger partial charge on any atom is 0.309 e. The molecule has 4 aliphatic carbocycles. The van der Waals surface area contributed by atoms with E-state index < -0.39 is 45.8 Å². The molecular formula is C40H54O8. The zero-order chi connectivity index (χ0) is 35.5. The summed E-state index contributed by atoms with van der Waals surface area (Å²) >= 11 is 0. The number of rotatable bonds is 5. The lowest BCUT2D eigenvalue weighted by Crippen LogP contribution is -2.53. The monoisotopic (exact) mass is 662 g/mol. The summed E-state index contributed by atoms with van der Waals surface area (Å²) in [5, 5.41) is 68.7. The molecule has 0 saturated heterocycles.